The molecule has 0 radical (unpaired) electrons. The van der Waals surface area contributed by atoms with E-state index in [-0.39, 0.29) is 17.4 Å². The van der Waals surface area contributed by atoms with Gasteiger partial charge in [0.15, 0.2) is 0 Å². The number of hydrogen-bond donors (Lipinski definition) is 2. The molecule has 1 amide bonds. The second-order valence-electron chi connectivity index (χ2n) is 7.19. The van der Waals surface area contributed by atoms with Crippen molar-refractivity contribution in [3.05, 3.63) is 34.3 Å². The van der Waals surface area contributed by atoms with Crippen LogP contribution < -0.4 is 11.1 Å². The quantitative estimate of drug-likeness (QED) is 0.649. The summed E-state index contributed by atoms with van der Waals surface area (Å²) in [5.41, 5.74) is 7.72. The lowest BCUT2D eigenvalue weighted by atomic mass is 9.61. The number of carbonyl (C=O) groups is 1. The lowest BCUT2D eigenvalue weighted by Gasteiger charge is -2.41. The Balaban J connectivity index is 1.87. The van der Waals surface area contributed by atoms with Crippen molar-refractivity contribution in [2.45, 2.75) is 51.5 Å². The monoisotopic (exact) mass is 347 g/mol. The highest BCUT2D eigenvalue weighted by molar-refractivity contribution is 6.31. The Morgan fingerprint density at radius 1 is 1.50 bits per heavy atom. The molecule has 1 saturated carbocycles. The van der Waals surface area contributed by atoms with E-state index in [1.54, 1.807) is 7.05 Å². The van der Waals surface area contributed by atoms with E-state index in [0.717, 1.165) is 36.3 Å². The molecule has 1 heterocycles. The topological polar surface area (TPSA) is 67.5 Å². The molecule has 2 fully saturated rings. The van der Waals surface area contributed by atoms with E-state index >= 15 is 0 Å². The lowest BCUT2D eigenvalue weighted by Crippen LogP contribution is -2.39. The van der Waals surface area contributed by atoms with Gasteiger partial charge in [-0.25, -0.2) is 0 Å². The standard InChI is InChI=1S/C19H26ClN3O/c1-4-19-8-7-12(9-15(19)11(2)23-18(19)24)14-6-5-13(10-16(14)20)17(21)22-3/h5-6,10-12,15H,4,7-9H2,1-3H3,(H2,21,22)(H,23,24). The highest BCUT2D eigenvalue weighted by atomic mass is 35.5. The first-order valence-electron chi connectivity index (χ1n) is 8.76. The highest BCUT2D eigenvalue weighted by Crippen LogP contribution is 2.53. The van der Waals surface area contributed by atoms with Gasteiger partial charge in [0.25, 0.3) is 0 Å². The average Bonchev–Trinajstić information content (AvgIpc) is 2.84. The van der Waals surface area contributed by atoms with Gasteiger partial charge in [0.1, 0.15) is 5.84 Å². The van der Waals surface area contributed by atoms with Crippen LogP contribution in [0.15, 0.2) is 23.2 Å². The van der Waals surface area contributed by atoms with Crippen molar-refractivity contribution in [2.24, 2.45) is 22.1 Å². The minimum atomic E-state index is -0.179. The summed E-state index contributed by atoms with van der Waals surface area (Å²) in [6.07, 6.45) is 3.85. The molecule has 130 valence electrons. The SMILES string of the molecule is CCC12CCC(c3ccc(C(N)=NC)cc3Cl)CC1C(C)NC2=O. The summed E-state index contributed by atoms with van der Waals surface area (Å²) in [6.45, 7) is 4.27. The zero-order chi connectivity index (χ0) is 17.5. The van der Waals surface area contributed by atoms with Crippen LogP contribution in [0.4, 0.5) is 0 Å². The van der Waals surface area contributed by atoms with Crippen LogP contribution in [0.25, 0.3) is 0 Å². The van der Waals surface area contributed by atoms with Crippen LogP contribution in [-0.4, -0.2) is 24.8 Å². The van der Waals surface area contributed by atoms with Crippen LogP contribution in [0.2, 0.25) is 5.02 Å². The Morgan fingerprint density at radius 3 is 2.88 bits per heavy atom. The Hall–Kier alpha value is -1.55. The fourth-order valence-electron chi connectivity index (χ4n) is 4.71. The maximum atomic E-state index is 12.5. The van der Waals surface area contributed by atoms with Gasteiger partial charge in [0.2, 0.25) is 5.91 Å². The van der Waals surface area contributed by atoms with Gasteiger partial charge in [-0.3, -0.25) is 9.79 Å². The van der Waals surface area contributed by atoms with Crippen LogP contribution in [0, 0.1) is 11.3 Å². The maximum absolute atomic E-state index is 12.5. The van der Waals surface area contributed by atoms with Crippen molar-refractivity contribution in [1.82, 2.24) is 5.32 Å². The number of halogens is 1. The Kier molecular flexibility index (Phi) is 4.60. The first-order valence-corrected chi connectivity index (χ1v) is 9.13. The van der Waals surface area contributed by atoms with Crippen LogP contribution in [-0.2, 0) is 4.79 Å². The fourth-order valence-corrected chi connectivity index (χ4v) is 5.05. The first kappa shape index (κ1) is 17.3. The maximum Gasteiger partial charge on any atom is 0.226 e. The number of amidine groups is 1. The highest BCUT2D eigenvalue weighted by Gasteiger charge is 2.54. The van der Waals surface area contributed by atoms with Gasteiger partial charge in [-0.15, -0.1) is 0 Å². The summed E-state index contributed by atoms with van der Waals surface area (Å²) in [5.74, 6) is 1.52. The minimum absolute atomic E-state index is 0.179. The number of benzene rings is 1. The van der Waals surface area contributed by atoms with E-state index in [4.69, 9.17) is 17.3 Å². The van der Waals surface area contributed by atoms with E-state index in [9.17, 15) is 4.79 Å². The molecule has 3 N–H and O–H groups in total. The smallest absolute Gasteiger partial charge is 0.226 e. The molecule has 1 aromatic carbocycles. The predicted molar refractivity (Wildman–Crippen MR) is 98.5 cm³/mol. The molecule has 0 aromatic heterocycles. The number of hydrogen-bond acceptors (Lipinski definition) is 2. The minimum Gasteiger partial charge on any atom is -0.384 e. The summed E-state index contributed by atoms with van der Waals surface area (Å²) in [4.78, 5) is 16.5. The van der Waals surface area contributed by atoms with E-state index in [2.05, 4.69) is 30.2 Å². The number of nitrogens with zero attached hydrogens (tertiary/aromatic N) is 1. The molecule has 4 unspecified atom stereocenters. The van der Waals surface area contributed by atoms with Gasteiger partial charge in [-0.05, 0) is 56.1 Å². The van der Waals surface area contributed by atoms with Gasteiger partial charge in [-0.2, -0.15) is 0 Å². The zero-order valence-electron chi connectivity index (χ0n) is 14.6. The van der Waals surface area contributed by atoms with Crippen LogP contribution in [0.1, 0.15) is 56.6 Å². The molecule has 1 saturated heterocycles. The molecule has 3 rings (SSSR count). The second-order valence-corrected chi connectivity index (χ2v) is 7.60. The second kappa shape index (κ2) is 6.40. The van der Waals surface area contributed by atoms with Crippen LogP contribution in [0.3, 0.4) is 0 Å². The van der Waals surface area contributed by atoms with Crippen molar-refractivity contribution in [3.63, 3.8) is 0 Å². The zero-order valence-corrected chi connectivity index (χ0v) is 15.4. The molecule has 0 spiro atoms. The van der Waals surface area contributed by atoms with E-state index < -0.39 is 0 Å². The molecule has 4 nitrogen and oxygen atoms in total. The van der Waals surface area contributed by atoms with Gasteiger partial charge in [0.05, 0.1) is 5.41 Å². The number of carbonyl (C=O) groups excluding carboxylic acids is 1. The lowest BCUT2D eigenvalue weighted by molar-refractivity contribution is -0.130. The summed E-state index contributed by atoms with van der Waals surface area (Å²) in [7, 11) is 1.67. The van der Waals surface area contributed by atoms with Gasteiger partial charge < -0.3 is 11.1 Å². The number of rotatable bonds is 3. The van der Waals surface area contributed by atoms with Crippen molar-refractivity contribution < 1.29 is 4.79 Å². The van der Waals surface area contributed by atoms with E-state index in [1.165, 1.54) is 5.56 Å². The Bertz CT molecular complexity index is 687. The third-order valence-electron chi connectivity index (χ3n) is 6.21. The molecule has 1 aliphatic heterocycles. The molecule has 5 heteroatoms. The number of nitrogens with one attached hydrogen (secondary N) is 1. The summed E-state index contributed by atoms with van der Waals surface area (Å²) >= 11 is 6.55. The fraction of sp³-hybridized carbons (Fsp3) is 0.579. The van der Waals surface area contributed by atoms with E-state index in [1.807, 2.05) is 12.1 Å². The van der Waals surface area contributed by atoms with Crippen molar-refractivity contribution in [2.75, 3.05) is 7.05 Å². The third kappa shape index (κ3) is 2.61. The number of aliphatic imine (C=N–C) groups is 1. The summed E-state index contributed by atoms with van der Waals surface area (Å²) in [6, 6.07) is 6.21. The van der Waals surface area contributed by atoms with Gasteiger partial charge in [-0.1, -0.05) is 30.7 Å². The predicted octanol–water partition coefficient (Wildman–Crippen LogP) is 3.47. The molecule has 0 bridgehead atoms. The third-order valence-corrected chi connectivity index (χ3v) is 6.54. The first-order chi connectivity index (χ1) is 11.4. The molecule has 24 heavy (non-hydrogen) atoms. The van der Waals surface area contributed by atoms with Crippen LogP contribution >= 0.6 is 11.6 Å². The largest absolute Gasteiger partial charge is 0.384 e. The Labute approximate surface area is 148 Å². The molecule has 1 aliphatic carbocycles. The normalized spacial score (nSPS) is 33.2. The van der Waals surface area contributed by atoms with Crippen molar-refractivity contribution in [3.8, 4) is 0 Å². The molecular weight excluding hydrogens is 322 g/mol. The number of amides is 1. The molecule has 4 atom stereocenters. The summed E-state index contributed by atoms with van der Waals surface area (Å²) in [5, 5.41) is 3.91. The van der Waals surface area contributed by atoms with Crippen molar-refractivity contribution in [1.29, 1.82) is 0 Å². The van der Waals surface area contributed by atoms with Crippen molar-refractivity contribution >= 4 is 23.3 Å². The Morgan fingerprint density at radius 2 is 2.25 bits per heavy atom. The summed E-state index contributed by atoms with van der Waals surface area (Å²) < 4.78 is 0. The van der Waals surface area contributed by atoms with Gasteiger partial charge in [0, 0.05) is 23.7 Å². The number of nitrogens with two attached hydrogens (primary N) is 1. The molecular formula is C19H26ClN3O. The van der Waals surface area contributed by atoms with E-state index in [0.29, 0.717) is 17.7 Å². The molecule has 1 aromatic rings. The number of fused-ring (bicyclic) bond motifs is 1. The molecule has 2 aliphatic rings. The average molecular weight is 348 g/mol. The van der Waals surface area contributed by atoms with Gasteiger partial charge >= 0.3 is 0 Å². The van der Waals surface area contributed by atoms with Crippen LogP contribution in [0.5, 0.6) is 0 Å².